The molecule has 3 heteroatoms. The third kappa shape index (κ3) is 0.551. The molecule has 1 aliphatic heterocycles. The minimum Gasteiger partial charge on any atom is -0.507 e. The molecule has 10 heavy (non-hydrogen) atoms. The van der Waals surface area contributed by atoms with E-state index in [0.29, 0.717) is 10.6 Å². The lowest BCUT2D eigenvalue weighted by Crippen LogP contribution is -2.22. The fourth-order valence-electron chi connectivity index (χ4n) is 0.855. The normalized spacial score (nSPS) is 12.0. The van der Waals surface area contributed by atoms with Crippen LogP contribution in [0.5, 0.6) is 5.75 Å². The summed E-state index contributed by atoms with van der Waals surface area (Å²) in [5.41, 5.74) is 0. The summed E-state index contributed by atoms with van der Waals surface area (Å²) in [6.07, 6.45) is 0. The van der Waals surface area contributed by atoms with Gasteiger partial charge in [0.2, 0.25) is 0 Å². The maximum Gasteiger partial charge on any atom is 0.134 e. The summed E-state index contributed by atoms with van der Waals surface area (Å²) in [5, 5.41) is 17.7. The van der Waals surface area contributed by atoms with Gasteiger partial charge in [-0.2, -0.15) is 0 Å². The largest absolute Gasteiger partial charge is 0.507 e. The molecule has 0 aromatic heterocycles. The third-order valence-corrected chi connectivity index (χ3v) is 1.34. The standard InChI is InChI=1S/C7H4N2O/c10-7-3-1-2-6-5(7)4-8-9-6/h1-3,10H. The molecule has 0 spiro atoms. The molecule has 0 atom stereocenters. The van der Waals surface area contributed by atoms with Crippen LogP contribution >= 0.6 is 0 Å². The lowest BCUT2D eigenvalue weighted by Gasteiger charge is -1.85. The molecule has 0 radical (unpaired) electrons. The van der Waals surface area contributed by atoms with Crippen molar-refractivity contribution < 1.29 is 5.11 Å². The first-order valence-corrected chi connectivity index (χ1v) is 2.86. The first-order chi connectivity index (χ1) is 4.88. The van der Waals surface area contributed by atoms with Crippen LogP contribution in [0.1, 0.15) is 0 Å². The van der Waals surface area contributed by atoms with Gasteiger partial charge in [-0.15, -0.1) is 10.2 Å². The van der Waals surface area contributed by atoms with E-state index in [0.717, 1.165) is 0 Å². The molecule has 0 saturated heterocycles. The average Bonchev–Trinajstić information content (AvgIpc) is 2.36. The van der Waals surface area contributed by atoms with Crippen LogP contribution in [0.2, 0.25) is 0 Å². The van der Waals surface area contributed by atoms with Gasteiger partial charge < -0.3 is 5.11 Å². The molecule has 0 bridgehead atoms. The Hall–Kier alpha value is -1.60. The van der Waals surface area contributed by atoms with E-state index in [9.17, 15) is 0 Å². The van der Waals surface area contributed by atoms with E-state index in [1.54, 1.807) is 18.2 Å². The predicted molar refractivity (Wildman–Crippen MR) is 35.4 cm³/mol. The quantitative estimate of drug-likeness (QED) is 0.497. The summed E-state index contributed by atoms with van der Waals surface area (Å²) in [6.45, 7) is 0. The van der Waals surface area contributed by atoms with Crippen LogP contribution < -0.4 is 10.6 Å². The summed E-state index contributed by atoms with van der Waals surface area (Å²) in [4.78, 5) is 0. The fraction of sp³-hybridized carbons (Fsp3) is 0. The second-order valence-electron chi connectivity index (χ2n) is 1.98. The summed E-state index contributed by atoms with van der Waals surface area (Å²) >= 11 is 0. The second kappa shape index (κ2) is 1.69. The van der Waals surface area contributed by atoms with E-state index in [1.807, 2.05) is 0 Å². The van der Waals surface area contributed by atoms with E-state index >= 15 is 0 Å². The van der Waals surface area contributed by atoms with Crippen molar-refractivity contribution in [3.63, 3.8) is 0 Å². The van der Waals surface area contributed by atoms with E-state index in [2.05, 4.69) is 16.1 Å². The van der Waals surface area contributed by atoms with Gasteiger partial charge in [0, 0.05) is 5.87 Å². The van der Waals surface area contributed by atoms with E-state index in [1.165, 1.54) is 0 Å². The lowest BCUT2D eigenvalue weighted by molar-refractivity contribution is 0.470. The Labute approximate surface area is 56.7 Å². The van der Waals surface area contributed by atoms with Crippen LogP contribution in [-0.2, 0) is 0 Å². The molecule has 0 amide bonds. The zero-order valence-electron chi connectivity index (χ0n) is 5.07. The van der Waals surface area contributed by atoms with Gasteiger partial charge in [0.1, 0.15) is 16.3 Å². The minimum atomic E-state index is 0.183. The molecule has 1 aliphatic rings. The molecule has 2 rings (SSSR count). The van der Waals surface area contributed by atoms with E-state index in [4.69, 9.17) is 5.11 Å². The van der Waals surface area contributed by atoms with Crippen LogP contribution in [0.25, 0.3) is 0 Å². The molecule has 1 aromatic carbocycles. The first-order valence-electron chi connectivity index (χ1n) is 2.86. The third-order valence-electron chi connectivity index (χ3n) is 1.34. The van der Waals surface area contributed by atoms with Gasteiger partial charge >= 0.3 is 0 Å². The number of hydrogen-bond donors (Lipinski definition) is 1. The summed E-state index contributed by atoms with van der Waals surface area (Å²) in [6, 6.07) is 5.08. The number of rotatable bonds is 0. The van der Waals surface area contributed by atoms with Gasteiger partial charge in [0.05, 0.1) is 0 Å². The number of fused-ring (bicyclic) bond motifs is 1. The van der Waals surface area contributed by atoms with Gasteiger partial charge in [0.25, 0.3) is 0 Å². The number of nitrogens with zero attached hydrogens (tertiary/aromatic N) is 2. The van der Waals surface area contributed by atoms with Crippen molar-refractivity contribution in [2.45, 2.75) is 0 Å². The maximum atomic E-state index is 9.15. The molecule has 48 valence electrons. The van der Waals surface area contributed by atoms with Crippen molar-refractivity contribution >= 4 is 5.87 Å². The molecule has 0 unspecified atom stereocenters. The highest BCUT2D eigenvalue weighted by Crippen LogP contribution is 1.93. The highest BCUT2D eigenvalue weighted by atomic mass is 16.3. The Morgan fingerprint density at radius 3 is 3.10 bits per heavy atom. The Balaban J connectivity index is 3.08. The molecule has 0 saturated carbocycles. The summed E-state index contributed by atoms with van der Waals surface area (Å²) in [5.74, 6) is 2.76. The Bertz CT molecular complexity index is 416. The Morgan fingerprint density at radius 1 is 1.40 bits per heavy atom. The Kier molecular flexibility index (Phi) is 0.879. The molecule has 1 N–H and O–H groups in total. The SMILES string of the molecule is Oc1cccc2c1=C=NN=2. The minimum absolute atomic E-state index is 0.183. The van der Waals surface area contributed by atoms with Gasteiger partial charge in [-0.25, -0.2) is 0 Å². The number of benzene rings is 1. The van der Waals surface area contributed by atoms with Crippen molar-refractivity contribution in [1.29, 1.82) is 0 Å². The van der Waals surface area contributed by atoms with Crippen LogP contribution in [0.3, 0.4) is 0 Å². The number of hydrogen-bond acceptors (Lipinski definition) is 3. The van der Waals surface area contributed by atoms with E-state index in [-0.39, 0.29) is 5.75 Å². The van der Waals surface area contributed by atoms with Gasteiger partial charge in [0.15, 0.2) is 0 Å². The number of phenols is 1. The fourth-order valence-corrected chi connectivity index (χ4v) is 0.855. The smallest absolute Gasteiger partial charge is 0.134 e. The molecular formula is C7H4N2O. The first kappa shape index (κ1) is 5.21. The van der Waals surface area contributed by atoms with Crippen molar-refractivity contribution in [2.75, 3.05) is 0 Å². The monoisotopic (exact) mass is 132 g/mol. The maximum absolute atomic E-state index is 9.15. The summed E-state index contributed by atoms with van der Waals surface area (Å²) in [7, 11) is 0. The van der Waals surface area contributed by atoms with Crippen LogP contribution in [-0.4, -0.2) is 11.0 Å². The molecule has 3 nitrogen and oxygen atoms in total. The number of phenolic OH excluding ortho intramolecular Hbond substituents is 1. The number of aromatic hydroxyl groups is 1. The molecular weight excluding hydrogens is 128 g/mol. The molecule has 1 aromatic rings. The van der Waals surface area contributed by atoms with Crippen LogP contribution in [0.15, 0.2) is 28.4 Å². The highest BCUT2D eigenvalue weighted by Gasteiger charge is 1.95. The molecule has 0 fully saturated rings. The lowest BCUT2D eigenvalue weighted by atomic mass is 10.3. The van der Waals surface area contributed by atoms with Gasteiger partial charge in [-0.05, 0) is 12.1 Å². The zero-order valence-corrected chi connectivity index (χ0v) is 5.07. The predicted octanol–water partition coefficient (Wildman–Crippen LogP) is -0.718. The molecule has 0 aliphatic carbocycles. The molecule has 1 heterocycles. The van der Waals surface area contributed by atoms with Crippen molar-refractivity contribution in [3.8, 4) is 5.75 Å². The van der Waals surface area contributed by atoms with Crippen molar-refractivity contribution in [3.05, 3.63) is 28.8 Å². The average molecular weight is 132 g/mol. The van der Waals surface area contributed by atoms with Crippen LogP contribution in [0.4, 0.5) is 0 Å². The summed E-state index contributed by atoms with van der Waals surface area (Å²) < 4.78 is 0. The second-order valence-corrected chi connectivity index (χ2v) is 1.98. The van der Waals surface area contributed by atoms with Gasteiger partial charge in [-0.1, -0.05) is 6.07 Å². The van der Waals surface area contributed by atoms with E-state index < -0.39 is 0 Å². The highest BCUT2D eigenvalue weighted by molar-refractivity contribution is 5.56. The van der Waals surface area contributed by atoms with Crippen molar-refractivity contribution in [1.82, 2.24) is 0 Å². The zero-order chi connectivity index (χ0) is 6.97. The van der Waals surface area contributed by atoms with Gasteiger partial charge in [-0.3, -0.25) is 0 Å². The van der Waals surface area contributed by atoms with Crippen LogP contribution in [0, 0.1) is 0 Å². The Morgan fingerprint density at radius 2 is 2.30 bits per heavy atom. The topological polar surface area (TPSA) is 45.0 Å². The van der Waals surface area contributed by atoms with Crippen molar-refractivity contribution in [2.24, 2.45) is 10.2 Å².